The van der Waals surface area contributed by atoms with E-state index in [1.165, 1.54) is 11.8 Å². The molecule has 2 saturated heterocycles. The molecule has 106 valence electrons. The normalized spacial score (nSPS) is 28.0. The molecule has 2 aliphatic heterocycles. The van der Waals surface area contributed by atoms with E-state index in [2.05, 4.69) is 5.32 Å². The summed E-state index contributed by atoms with van der Waals surface area (Å²) in [6, 6.07) is 0. The molecule has 2 rings (SSSR count). The summed E-state index contributed by atoms with van der Waals surface area (Å²) >= 11 is 0. The molecule has 2 fully saturated rings. The van der Waals surface area contributed by atoms with E-state index in [1.807, 2.05) is 0 Å². The van der Waals surface area contributed by atoms with Crippen LogP contribution in [0.5, 0.6) is 0 Å². The number of nitrogens with one attached hydrogen (secondary N) is 1. The van der Waals surface area contributed by atoms with Crippen molar-refractivity contribution in [3.05, 3.63) is 0 Å². The van der Waals surface area contributed by atoms with Gasteiger partial charge in [-0.25, -0.2) is 0 Å². The molecule has 3 amide bonds. The second-order valence-electron chi connectivity index (χ2n) is 5.10. The third-order valence-electron chi connectivity index (χ3n) is 3.50. The Hall–Kier alpha value is -1.63. The summed E-state index contributed by atoms with van der Waals surface area (Å²) in [6.45, 7) is 5.21. The largest absolute Gasteiger partial charge is 0.362 e. The molecule has 19 heavy (non-hydrogen) atoms. The lowest BCUT2D eigenvalue weighted by atomic mass is 10.0. The Balaban J connectivity index is 2.07. The average Bonchev–Trinajstić information content (AvgIpc) is 2.38. The highest BCUT2D eigenvalue weighted by atomic mass is 16.5. The molecule has 2 aliphatic rings. The van der Waals surface area contributed by atoms with Crippen molar-refractivity contribution in [1.29, 1.82) is 0 Å². The summed E-state index contributed by atoms with van der Waals surface area (Å²) in [5, 5.41) is 2.67. The maximum atomic E-state index is 12.5. The summed E-state index contributed by atoms with van der Waals surface area (Å²) in [4.78, 5) is 38.3. The van der Waals surface area contributed by atoms with Gasteiger partial charge in [0.05, 0.1) is 19.7 Å². The van der Waals surface area contributed by atoms with Crippen molar-refractivity contribution in [2.45, 2.75) is 19.4 Å². The first kappa shape index (κ1) is 13.8. The van der Waals surface area contributed by atoms with Crippen LogP contribution in [0, 0.1) is 0 Å². The third kappa shape index (κ3) is 2.86. The molecule has 2 heterocycles. The van der Waals surface area contributed by atoms with E-state index in [9.17, 15) is 14.4 Å². The predicted octanol–water partition coefficient (Wildman–Crippen LogP) is -1.42. The first-order valence-electron chi connectivity index (χ1n) is 6.38. The van der Waals surface area contributed by atoms with Crippen molar-refractivity contribution in [2.24, 2.45) is 0 Å². The monoisotopic (exact) mass is 269 g/mol. The van der Waals surface area contributed by atoms with Gasteiger partial charge in [0.25, 0.3) is 5.91 Å². The molecular weight excluding hydrogens is 250 g/mol. The highest BCUT2D eigenvalue weighted by molar-refractivity contribution is 5.91. The highest BCUT2D eigenvalue weighted by Gasteiger charge is 2.43. The number of ether oxygens (including phenoxy) is 1. The first-order valence-corrected chi connectivity index (χ1v) is 6.38. The molecule has 1 N–H and O–H groups in total. The van der Waals surface area contributed by atoms with Gasteiger partial charge in [-0.15, -0.1) is 0 Å². The van der Waals surface area contributed by atoms with Crippen LogP contribution < -0.4 is 5.32 Å². The molecule has 7 nitrogen and oxygen atoms in total. The smallest absolute Gasteiger partial charge is 0.256 e. The Labute approximate surface area is 111 Å². The lowest BCUT2D eigenvalue weighted by Gasteiger charge is -2.42. The van der Waals surface area contributed by atoms with Gasteiger partial charge in [-0.2, -0.15) is 0 Å². The molecule has 0 radical (unpaired) electrons. The summed E-state index contributed by atoms with van der Waals surface area (Å²) in [7, 11) is 0. The van der Waals surface area contributed by atoms with Crippen LogP contribution >= 0.6 is 0 Å². The molecule has 0 aromatic rings. The Morgan fingerprint density at radius 1 is 1.32 bits per heavy atom. The average molecular weight is 269 g/mol. The molecule has 0 aliphatic carbocycles. The number of morpholine rings is 1. The van der Waals surface area contributed by atoms with Crippen LogP contribution in [-0.2, 0) is 19.1 Å². The molecule has 0 aromatic carbocycles. The van der Waals surface area contributed by atoms with Crippen molar-refractivity contribution >= 4 is 17.7 Å². The van der Waals surface area contributed by atoms with E-state index < -0.39 is 5.60 Å². The second-order valence-corrected chi connectivity index (χ2v) is 5.10. The van der Waals surface area contributed by atoms with Gasteiger partial charge in [-0.3, -0.25) is 14.4 Å². The van der Waals surface area contributed by atoms with Crippen LogP contribution in [-0.4, -0.2) is 72.5 Å². The highest BCUT2D eigenvalue weighted by Crippen LogP contribution is 2.21. The fraction of sp³-hybridized carbons (Fsp3) is 0.750. The molecule has 1 atom stereocenters. The van der Waals surface area contributed by atoms with Gasteiger partial charge in [0.1, 0.15) is 0 Å². The van der Waals surface area contributed by atoms with E-state index in [4.69, 9.17) is 4.74 Å². The van der Waals surface area contributed by atoms with Gasteiger partial charge in [-0.1, -0.05) is 0 Å². The first-order chi connectivity index (χ1) is 8.92. The van der Waals surface area contributed by atoms with Crippen molar-refractivity contribution in [3.63, 3.8) is 0 Å². The summed E-state index contributed by atoms with van der Waals surface area (Å²) in [5.41, 5.74) is -1.05. The number of carbonyl (C=O) groups excluding carboxylic acids is 3. The quantitative estimate of drug-likeness (QED) is 0.634. The standard InChI is InChI=1S/C12H19N3O4/c1-9(16)15-5-6-19-12(2,8-15)11(18)14-4-3-13-10(17)7-14/h3-8H2,1-2H3,(H,13,17). The number of nitrogens with zero attached hydrogens (tertiary/aromatic N) is 2. The van der Waals surface area contributed by atoms with Gasteiger partial charge in [0, 0.05) is 26.6 Å². The van der Waals surface area contributed by atoms with Crippen LogP contribution in [0.2, 0.25) is 0 Å². The number of amides is 3. The van der Waals surface area contributed by atoms with Crippen LogP contribution in [0.25, 0.3) is 0 Å². The summed E-state index contributed by atoms with van der Waals surface area (Å²) in [6.07, 6.45) is 0. The Morgan fingerprint density at radius 2 is 2.05 bits per heavy atom. The zero-order valence-corrected chi connectivity index (χ0v) is 11.3. The van der Waals surface area contributed by atoms with Crippen LogP contribution in [0.1, 0.15) is 13.8 Å². The topological polar surface area (TPSA) is 79.0 Å². The molecule has 0 spiro atoms. The van der Waals surface area contributed by atoms with E-state index in [0.717, 1.165) is 0 Å². The summed E-state index contributed by atoms with van der Waals surface area (Å²) in [5.74, 6) is -0.463. The Kier molecular flexibility index (Phi) is 3.75. The minimum atomic E-state index is -1.05. The van der Waals surface area contributed by atoms with E-state index in [1.54, 1.807) is 11.8 Å². The van der Waals surface area contributed by atoms with E-state index >= 15 is 0 Å². The van der Waals surface area contributed by atoms with Gasteiger partial charge < -0.3 is 19.9 Å². The fourth-order valence-corrected chi connectivity index (χ4v) is 2.41. The minimum Gasteiger partial charge on any atom is -0.362 e. The number of carbonyl (C=O) groups is 3. The fourth-order valence-electron chi connectivity index (χ4n) is 2.41. The van der Waals surface area contributed by atoms with E-state index in [-0.39, 0.29) is 30.8 Å². The molecule has 1 unspecified atom stereocenters. The molecule has 0 bridgehead atoms. The number of hydrogen-bond donors (Lipinski definition) is 1. The zero-order chi connectivity index (χ0) is 14.0. The van der Waals surface area contributed by atoms with Crippen molar-refractivity contribution in [1.82, 2.24) is 15.1 Å². The van der Waals surface area contributed by atoms with E-state index in [0.29, 0.717) is 26.2 Å². The minimum absolute atomic E-state index is 0.0534. The number of hydrogen-bond acceptors (Lipinski definition) is 4. The Bertz CT molecular complexity index is 412. The second kappa shape index (κ2) is 5.16. The third-order valence-corrected chi connectivity index (χ3v) is 3.50. The lowest BCUT2D eigenvalue weighted by molar-refractivity contribution is -0.172. The van der Waals surface area contributed by atoms with Crippen molar-refractivity contribution < 1.29 is 19.1 Å². The molecule has 0 saturated carbocycles. The predicted molar refractivity (Wildman–Crippen MR) is 66.2 cm³/mol. The van der Waals surface area contributed by atoms with Gasteiger partial charge in [0.2, 0.25) is 11.8 Å². The van der Waals surface area contributed by atoms with Crippen molar-refractivity contribution in [3.8, 4) is 0 Å². The van der Waals surface area contributed by atoms with Crippen LogP contribution in [0.15, 0.2) is 0 Å². The van der Waals surface area contributed by atoms with Crippen LogP contribution in [0.4, 0.5) is 0 Å². The Morgan fingerprint density at radius 3 is 2.68 bits per heavy atom. The van der Waals surface area contributed by atoms with Gasteiger partial charge >= 0.3 is 0 Å². The maximum Gasteiger partial charge on any atom is 0.256 e. The molecule has 7 heteroatoms. The number of rotatable bonds is 1. The van der Waals surface area contributed by atoms with Gasteiger partial charge in [0.15, 0.2) is 5.60 Å². The van der Waals surface area contributed by atoms with Crippen LogP contribution in [0.3, 0.4) is 0 Å². The lowest BCUT2D eigenvalue weighted by Crippen LogP contribution is -2.62. The number of piperazine rings is 1. The SMILES string of the molecule is CC(=O)N1CCOC(C)(C(=O)N2CCNC(=O)C2)C1. The summed E-state index contributed by atoms with van der Waals surface area (Å²) < 4.78 is 5.58. The van der Waals surface area contributed by atoms with Crippen molar-refractivity contribution in [2.75, 3.05) is 39.3 Å². The molecular formula is C12H19N3O4. The molecule has 0 aromatic heterocycles. The van der Waals surface area contributed by atoms with Gasteiger partial charge in [-0.05, 0) is 6.92 Å². The zero-order valence-electron chi connectivity index (χ0n) is 11.3. The maximum absolute atomic E-state index is 12.5.